The summed E-state index contributed by atoms with van der Waals surface area (Å²) in [6.45, 7) is 8.41. The monoisotopic (exact) mass is 382 g/mol. The van der Waals surface area contributed by atoms with Crippen LogP contribution in [0, 0.1) is 5.92 Å². The second kappa shape index (κ2) is 9.83. The molecule has 0 aromatic heterocycles. The second-order valence-corrected chi connectivity index (χ2v) is 10.7. The summed E-state index contributed by atoms with van der Waals surface area (Å²) < 4.78 is 32.3. The number of benzene rings is 1. The van der Waals surface area contributed by atoms with Gasteiger partial charge in [0.15, 0.2) is 0 Å². The summed E-state index contributed by atoms with van der Waals surface area (Å²) >= 11 is 0. The molecule has 148 valence electrons. The van der Waals surface area contributed by atoms with Crippen LogP contribution in [0.2, 0.25) is 0 Å². The predicted octanol–water partition coefficient (Wildman–Crippen LogP) is 3.07. The molecule has 5 nitrogen and oxygen atoms in total. The minimum Gasteiger partial charge on any atom is -0.375 e. The number of hydrogen-bond acceptors (Lipinski definition) is 4. The quantitative estimate of drug-likeness (QED) is 0.644. The fraction of sp³-hybridized carbons (Fsp3) is 0.700. The molecular weight excluding hydrogens is 348 g/mol. The van der Waals surface area contributed by atoms with Crippen LogP contribution in [0.15, 0.2) is 30.3 Å². The number of rotatable bonds is 9. The van der Waals surface area contributed by atoms with Gasteiger partial charge in [0.05, 0.1) is 18.0 Å². The van der Waals surface area contributed by atoms with E-state index in [0.29, 0.717) is 19.1 Å². The van der Waals surface area contributed by atoms with Crippen LogP contribution in [0.4, 0.5) is 0 Å². The summed E-state index contributed by atoms with van der Waals surface area (Å²) in [7, 11) is -3.25. The van der Waals surface area contributed by atoms with Gasteiger partial charge in [-0.3, -0.25) is 0 Å². The normalized spacial score (nSPS) is 21.7. The van der Waals surface area contributed by atoms with E-state index in [2.05, 4.69) is 22.2 Å². The maximum Gasteiger partial charge on any atom is 0.216 e. The van der Waals surface area contributed by atoms with Gasteiger partial charge < -0.3 is 10.1 Å². The van der Waals surface area contributed by atoms with Crippen molar-refractivity contribution in [2.75, 3.05) is 19.7 Å². The molecule has 2 N–H and O–H groups in total. The number of sulfonamides is 1. The Bertz CT molecular complexity index is 618. The molecule has 0 atom stereocenters. The standard InChI is InChI=1S/C20H34N2O3S/c1-20(2,3)26(23,24)22-19-11-9-17(10-12-19)15-21-13-14-25-16-18-7-5-4-6-8-18/h4-8,17,19,21-22H,9-16H2,1-3H3. The maximum atomic E-state index is 12.2. The van der Waals surface area contributed by atoms with Crippen molar-refractivity contribution >= 4 is 10.0 Å². The van der Waals surface area contributed by atoms with E-state index in [4.69, 9.17) is 4.74 Å². The van der Waals surface area contributed by atoms with Crippen molar-refractivity contribution < 1.29 is 13.2 Å². The molecule has 26 heavy (non-hydrogen) atoms. The van der Waals surface area contributed by atoms with Gasteiger partial charge >= 0.3 is 0 Å². The maximum absolute atomic E-state index is 12.2. The third kappa shape index (κ3) is 6.99. The topological polar surface area (TPSA) is 67.4 Å². The molecule has 1 aromatic carbocycles. The molecule has 6 heteroatoms. The van der Waals surface area contributed by atoms with Crippen molar-refractivity contribution in [3.8, 4) is 0 Å². The molecule has 1 fully saturated rings. The van der Waals surface area contributed by atoms with Gasteiger partial charge in [0.1, 0.15) is 0 Å². The van der Waals surface area contributed by atoms with E-state index in [-0.39, 0.29) is 6.04 Å². The molecule has 0 aliphatic heterocycles. The Hall–Kier alpha value is -0.950. The Morgan fingerprint density at radius 2 is 1.73 bits per heavy atom. The lowest BCUT2D eigenvalue weighted by molar-refractivity contribution is 0.121. The van der Waals surface area contributed by atoms with E-state index in [1.54, 1.807) is 20.8 Å². The Morgan fingerprint density at radius 3 is 2.35 bits per heavy atom. The Kier molecular flexibility index (Phi) is 8.07. The van der Waals surface area contributed by atoms with Crippen molar-refractivity contribution in [3.63, 3.8) is 0 Å². The Morgan fingerprint density at radius 1 is 1.08 bits per heavy atom. The van der Waals surface area contributed by atoms with Crippen molar-refractivity contribution in [3.05, 3.63) is 35.9 Å². The fourth-order valence-electron chi connectivity index (χ4n) is 3.10. The number of ether oxygens (including phenoxy) is 1. The molecule has 0 spiro atoms. The molecule has 1 aliphatic carbocycles. The fourth-order valence-corrected chi connectivity index (χ4v) is 4.12. The third-order valence-corrected chi connectivity index (χ3v) is 7.20. The molecule has 0 amide bonds. The average molecular weight is 383 g/mol. The van der Waals surface area contributed by atoms with E-state index < -0.39 is 14.8 Å². The lowest BCUT2D eigenvalue weighted by Gasteiger charge is -2.31. The largest absolute Gasteiger partial charge is 0.375 e. The first kappa shape index (κ1) is 21.4. The highest BCUT2D eigenvalue weighted by Crippen LogP contribution is 2.25. The lowest BCUT2D eigenvalue weighted by atomic mass is 9.86. The zero-order chi connectivity index (χ0) is 19.0. The smallest absolute Gasteiger partial charge is 0.216 e. The van der Waals surface area contributed by atoms with Crippen molar-refractivity contribution in [2.45, 2.75) is 63.9 Å². The molecule has 1 aliphatic rings. The van der Waals surface area contributed by atoms with Crippen LogP contribution >= 0.6 is 0 Å². The Labute approximate surface area is 159 Å². The van der Waals surface area contributed by atoms with Gasteiger partial charge in [-0.2, -0.15) is 0 Å². The highest BCUT2D eigenvalue weighted by molar-refractivity contribution is 7.90. The van der Waals surface area contributed by atoms with Gasteiger partial charge in [0, 0.05) is 12.6 Å². The molecule has 1 saturated carbocycles. The van der Waals surface area contributed by atoms with E-state index in [9.17, 15) is 8.42 Å². The van der Waals surface area contributed by atoms with Gasteiger partial charge in [0.2, 0.25) is 10.0 Å². The molecular formula is C20H34N2O3S. The Balaban J connectivity index is 1.55. The van der Waals surface area contributed by atoms with Gasteiger partial charge in [0.25, 0.3) is 0 Å². The average Bonchev–Trinajstić information content (AvgIpc) is 2.59. The zero-order valence-electron chi connectivity index (χ0n) is 16.3. The highest BCUT2D eigenvalue weighted by Gasteiger charge is 2.32. The summed E-state index contributed by atoms with van der Waals surface area (Å²) in [6.07, 6.45) is 3.97. The van der Waals surface area contributed by atoms with Crippen LogP contribution in [0.3, 0.4) is 0 Å². The van der Waals surface area contributed by atoms with Crippen LogP contribution in [0.5, 0.6) is 0 Å². The van der Waals surface area contributed by atoms with Gasteiger partial charge in [-0.25, -0.2) is 13.1 Å². The summed E-state index contributed by atoms with van der Waals surface area (Å²) in [5, 5.41) is 3.47. The molecule has 2 rings (SSSR count). The highest BCUT2D eigenvalue weighted by atomic mass is 32.2. The molecule has 1 aromatic rings. The van der Waals surface area contributed by atoms with Crippen molar-refractivity contribution in [1.29, 1.82) is 0 Å². The predicted molar refractivity (Wildman–Crippen MR) is 107 cm³/mol. The van der Waals surface area contributed by atoms with E-state index in [1.165, 1.54) is 5.56 Å². The molecule has 0 unspecified atom stereocenters. The minimum atomic E-state index is -3.25. The molecule has 0 heterocycles. The van der Waals surface area contributed by atoms with Crippen molar-refractivity contribution in [2.24, 2.45) is 5.92 Å². The van der Waals surface area contributed by atoms with Crippen LogP contribution in [-0.4, -0.2) is 38.9 Å². The van der Waals surface area contributed by atoms with E-state index in [1.807, 2.05) is 18.2 Å². The first-order valence-electron chi connectivity index (χ1n) is 9.62. The van der Waals surface area contributed by atoms with E-state index in [0.717, 1.165) is 38.8 Å². The van der Waals surface area contributed by atoms with Crippen LogP contribution < -0.4 is 10.0 Å². The summed E-state index contributed by atoms with van der Waals surface area (Å²) in [4.78, 5) is 0. The van der Waals surface area contributed by atoms with Crippen LogP contribution in [0.25, 0.3) is 0 Å². The number of nitrogens with one attached hydrogen (secondary N) is 2. The van der Waals surface area contributed by atoms with Crippen molar-refractivity contribution in [1.82, 2.24) is 10.0 Å². The van der Waals surface area contributed by atoms with Gasteiger partial charge in [-0.1, -0.05) is 30.3 Å². The minimum absolute atomic E-state index is 0.0877. The summed E-state index contributed by atoms with van der Waals surface area (Å²) in [5.74, 6) is 0.625. The number of hydrogen-bond donors (Lipinski definition) is 2. The van der Waals surface area contributed by atoms with E-state index >= 15 is 0 Å². The van der Waals surface area contributed by atoms with Crippen LogP contribution in [0.1, 0.15) is 52.0 Å². The lowest BCUT2D eigenvalue weighted by Crippen LogP contribution is -2.46. The third-order valence-electron chi connectivity index (χ3n) is 4.94. The van der Waals surface area contributed by atoms with Gasteiger partial charge in [-0.05, 0) is 64.5 Å². The molecule has 0 radical (unpaired) electrons. The molecule has 0 saturated heterocycles. The second-order valence-electron chi connectivity index (χ2n) is 8.19. The summed E-state index contributed by atoms with van der Waals surface area (Å²) in [6, 6.07) is 10.3. The van der Waals surface area contributed by atoms with Gasteiger partial charge in [-0.15, -0.1) is 0 Å². The summed E-state index contributed by atoms with van der Waals surface area (Å²) in [5.41, 5.74) is 1.20. The first-order valence-corrected chi connectivity index (χ1v) is 11.1. The SMILES string of the molecule is CC(C)(C)S(=O)(=O)NC1CCC(CNCCOCc2ccccc2)CC1. The first-order chi connectivity index (χ1) is 12.3. The van der Waals surface area contributed by atoms with Crippen LogP contribution in [-0.2, 0) is 21.4 Å². The molecule has 0 bridgehead atoms. The zero-order valence-corrected chi connectivity index (χ0v) is 17.1.